The largest absolute Gasteiger partial charge is 0.370 e. The van der Waals surface area contributed by atoms with Gasteiger partial charge in [-0.3, -0.25) is 4.79 Å². The molecule has 6 heteroatoms. The van der Waals surface area contributed by atoms with Gasteiger partial charge in [-0.15, -0.1) is 12.4 Å². The van der Waals surface area contributed by atoms with Crippen LogP contribution >= 0.6 is 28.3 Å². The number of guanidine groups is 1. The van der Waals surface area contributed by atoms with Crippen LogP contribution in [-0.2, 0) is 4.79 Å². The van der Waals surface area contributed by atoms with Crippen LogP contribution in [0.3, 0.4) is 0 Å². The van der Waals surface area contributed by atoms with Crippen LogP contribution in [0.2, 0.25) is 0 Å². The number of carbonyl (C=O) groups excluding carboxylic acids is 1. The molecule has 0 aliphatic rings. The fourth-order valence-electron chi connectivity index (χ4n) is 0.936. The minimum Gasteiger partial charge on any atom is -0.370 e. The SMILES string of the molecule is Cl.NC(N)=NC(=O)C=Cc1ccccc1Br. The maximum Gasteiger partial charge on any atom is 0.272 e. The first kappa shape index (κ1) is 14.7. The summed E-state index contributed by atoms with van der Waals surface area (Å²) in [4.78, 5) is 14.4. The van der Waals surface area contributed by atoms with Gasteiger partial charge in [-0.2, -0.15) is 4.99 Å². The Labute approximate surface area is 108 Å². The fourth-order valence-corrected chi connectivity index (χ4v) is 1.35. The number of nitrogens with two attached hydrogens (primary N) is 2. The average Bonchev–Trinajstić information content (AvgIpc) is 2.15. The summed E-state index contributed by atoms with van der Waals surface area (Å²) in [5, 5.41) is 0. The molecule has 0 spiro atoms. The standard InChI is InChI=1S/C10H10BrN3O.ClH/c11-8-4-2-1-3-7(8)5-6-9(15)14-10(12)13;/h1-6H,(H4,12,13,14,15);1H. The number of hydrogen-bond donors (Lipinski definition) is 2. The van der Waals surface area contributed by atoms with Gasteiger partial charge in [-0.25, -0.2) is 0 Å². The third kappa shape index (κ3) is 4.95. The first-order valence-electron chi connectivity index (χ1n) is 4.16. The van der Waals surface area contributed by atoms with Gasteiger partial charge in [0.15, 0.2) is 5.96 Å². The number of amides is 1. The van der Waals surface area contributed by atoms with E-state index in [1.165, 1.54) is 6.08 Å². The van der Waals surface area contributed by atoms with Crippen molar-refractivity contribution in [2.45, 2.75) is 0 Å². The van der Waals surface area contributed by atoms with E-state index in [0.717, 1.165) is 10.0 Å². The van der Waals surface area contributed by atoms with Crippen LogP contribution in [0.25, 0.3) is 6.08 Å². The van der Waals surface area contributed by atoms with Gasteiger partial charge >= 0.3 is 0 Å². The van der Waals surface area contributed by atoms with E-state index < -0.39 is 5.91 Å². The topological polar surface area (TPSA) is 81.5 Å². The van der Waals surface area contributed by atoms with E-state index >= 15 is 0 Å². The lowest BCUT2D eigenvalue weighted by Crippen LogP contribution is -2.23. The predicted octanol–water partition coefficient (Wildman–Crippen LogP) is 1.68. The van der Waals surface area contributed by atoms with Crippen LogP contribution in [0.5, 0.6) is 0 Å². The zero-order chi connectivity index (χ0) is 11.3. The molecule has 86 valence electrons. The smallest absolute Gasteiger partial charge is 0.272 e. The van der Waals surface area contributed by atoms with E-state index in [0.29, 0.717) is 0 Å². The Balaban J connectivity index is 0.00000225. The maximum absolute atomic E-state index is 11.1. The van der Waals surface area contributed by atoms with Crippen LogP contribution in [0.1, 0.15) is 5.56 Å². The zero-order valence-electron chi connectivity index (χ0n) is 8.26. The number of halogens is 2. The quantitative estimate of drug-likeness (QED) is 0.495. The van der Waals surface area contributed by atoms with E-state index in [1.807, 2.05) is 24.3 Å². The van der Waals surface area contributed by atoms with Crippen molar-refractivity contribution < 1.29 is 4.79 Å². The summed E-state index contributed by atoms with van der Waals surface area (Å²) in [5.41, 5.74) is 11.0. The molecule has 16 heavy (non-hydrogen) atoms. The van der Waals surface area contributed by atoms with Crippen molar-refractivity contribution in [2.75, 3.05) is 0 Å². The molecule has 0 bridgehead atoms. The Morgan fingerprint density at radius 3 is 2.50 bits per heavy atom. The fraction of sp³-hybridized carbons (Fsp3) is 0. The van der Waals surface area contributed by atoms with Gasteiger partial charge < -0.3 is 11.5 Å². The Hall–Kier alpha value is -1.33. The molecular formula is C10H11BrClN3O. The van der Waals surface area contributed by atoms with Crippen LogP contribution in [0, 0.1) is 0 Å². The maximum atomic E-state index is 11.1. The first-order valence-corrected chi connectivity index (χ1v) is 4.95. The number of aliphatic imine (C=N–C) groups is 1. The van der Waals surface area contributed by atoms with Gasteiger partial charge in [-0.1, -0.05) is 34.1 Å². The number of benzene rings is 1. The minimum absolute atomic E-state index is 0. The molecule has 0 atom stereocenters. The van der Waals surface area contributed by atoms with Gasteiger partial charge in [-0.05, 0) is 17.7 Å². The summed E-state index contributed by atoms with van der Waals surface area (Å²) >= 11 is 3.35. The molecule has 0 saturated carbocycles. The van der Waals surface area contributed by atoms with Crippen molar-refractivity contribution in [1.29, 1.82) is 0 Å². The molecule has 4 N–H and O–H groups in total. The second-order valence-electron chi connectivity index (χ2n) is 2.73. The highest BCUT2D eigenvalue weighted by Crippen LogP contribution is 2.16. The predicted molar refractivity (Wildman–Crippen MR) is 71.2 cm³/mol. The Morgan fingerprint density at radius 2 is 1.94 bits per heavy atom. The molecule has 0 radical (unpaired) electrons. The number of nitrogens with zero attached hydrogens (tertiary/aromatic N) is 1. The molecular weight excluding hydrogens is 293 g/mol. The molecule has 0 saturated heterocycles. The molecule has 0 aliphatic heterocycles. The van der Waals surface area contributed by atoms with Crippen molar-refractivity contribution in [3.63, 3.8) is 0 Å². The zero-order valence-corrected chi connectivity index (χ0v) is 10.7. The number of hydrogen-bond acceptors (Lipinski definition) is 1. The number of carbonyl (C=O) groups is 1. The molecule has 0 aromatic heterocycles. The second kappa shape index (κ2) is 7.03. The van der Waals surface area contributed by atoms with Crippen molar-refractivity contribution in [3.05, 3.63) is 40.4 Å². The lowest BCUT2D eigenvalue weighted by atomic mass is 10.2. The summed E-state index contributed by atoms with van der Waals surface area (Å²) in [6.45, 7) is 0. The van der Waals surface area contributed by atoms with Gasteiger partial charge in [0.05, 0.1) is 0 Å². The van der Waals surface area contributed by atoms with Crippen LogP contribution < -0.4 is 11.5 Å². The van der Waals surface area contributed by atoms with Crippen molar-refractivity contribution >= 4 is 46.3 Å². The normalized spacial score (nSPS) is 9.56. The van der Waals surface area contributed by atoms with Gasteiger partial charge in [0.25, 0.3) is 5.91 Å². The molecule has 0 aliphatic carbocycles. The lowest BCUT2D eigenvalue weighted by Gasteiger charge is -1.95. The van der Waals surface area contributed by atoms with Gasteiger partial charge in [0.2, 0.25) is 0 Å². The summed E-state index contributed by atoms with van der Waals surface area (Å²) in [6.07, 6.45) is 2.94. The van der Waals surface area contributed by atoms with E-state index in [9.17, 15) is 4.79 Å². The Kier molecular flexibility index (Phi) is 6.44. The van der Waals surface area contributed by atoms with Crippen molar-refractivity contribution in [2.24, 2.45) is 16.5 Å². The molecule has 0 unspecified atom stereocenters. The van der Waals surface area contributed by atoms with Gasteiger partial charge in [0.1, 0.15) is 0 Å². The third-order valence-electron chi connectivity index (χ3n) is 1.55. The molecule has 0 heterocycles. The van der Waals surface area contributed by atoms with E-state index in [1.54, 1.807) is 6.08 Å². The van der Waals surface area contributed by atoms with E-state index in [-0.39, 0.29) is 18.4 Å². The Bertz CT molecular complexity index is 428. The van der Waals surface area contributed by atoms with Crippen molar-refractivity contribution in [3.8, 4) is 0 Å². The van der Waals surface area contributed by atoms with Crippen LogP contribution in [-0.4, -0.2) is 11.9 Å². The highest BCUT2D eigenvalue weighted by atomic mass is 79.9. The molecule has 1 aromatic rings. The highest BCUT2D eigenvalue weighted by Gasteiger charge is 1.95. The van der Waals surface area contributed by atoms with Crippen molar-refractivity contribution in [1.82, 2.24) is 0 Å². The average molecular weight is 305 g/mol. The summed E-state index contributed by atoms with van der Waals surface area (Å²) in [7, 11) is 0. The first-order chi connectivity index (χ1) is 7.09. The van der Waals surface area contributed by atoms with E-state index in [2.05, 4.69) is 20.9 Å². The van der Waals surface area contributed by atoms with E-state index in [4.69, 9.17) is 11.5 Å². The second-order valence-corrected chi connectivity index (χ2v) is 3.58. The molecule has 1 aromatic carbocycles. The van der Waals surface area contributed by atoms with Gasteiger partial charge in [0, 0.05) is 10.5 Å². The summed E-state index contributed by atoms with van der Waals surface area (Å²) in [5.74, 6) is -0.720. The van der Waals surface area contributed by atoms with Crippen LogP contribution in [0.15, 0.2) is 39.8 Å². The molecule has 1 amide bonds. The lowest BCUT2D eigenvalue weighted by molar-refractivity contribution is -0.113. The monoisotopic (exact) mass is 303 g/mol. The summed E-state index contributed by atoms with van der Waals surface area (Å²) in [6, 6.07) is 7.50. The Morgan fingerprint density at radius 1 is 1.31 bits per heavy atom. The minimum atomic E-state index is -0.481. The molecule has 4 nitrogen and oxygen atoms in total. The molecule has 0 fully saturated rings. The summed E-state index contributed by atoms with van der Waals surface area (Å²) < 4.78 is 0.902. The highest BCUT2D eigenvalue weighted by molar-refractivity contribution is 9.10. The third-order valence-corrected chi connectivity index (χ3v) is 2.27. The number of rotatable bonds is 2. The van der Waals surface area contributed by atoms with Crippen LogP contribution in [0.4, 0.5) is 0 Å². The molecule has 1 rings (SSSR count).